The summed E-state index contributed by atoms with van der Waals surface area (Å²) in [6.07, 6.45) is 7.33. The van der Waals surface area contributed by atoms with Gasteiger partial charge >= 0.3 is 0 Å². The summed E-state index contributed by atoms with van der Waals surface area (Å²) < 4.78 is 17.2. The Morgan fingerprint density at radius 1 is 0.962 bits per heavy atom. The Morgan fingerprint density at radius 2 is 1.69 bits per heavy atom. The molecule has 1 heterocycles. The zero-order valence-electron chi connectivity index (χ0n) is 16.2. The summed E-state index contributed by atoms with van der Waals surface area (Å²) in [4.78, 5) is 0. The van der Waals surface area contributed by atoms with Crippen molar-refractivity contribution in [3.63, 3.8) is 0 Å². The van der Waals surface area contributed by atoms with Crippen molar-refractivity contribution < 1.29 is 8.96 Å². The second kappa shape index (κ2) is 6.50. The van der Waals surface area contributed by atoms with Crippen LogP contribution in [-0.2, 0) is 7.05 Å². The van der Waals surface area contributed by atoms with Crippen molar-refractivity contribution in [1.29, 1.82) is 0 Å². The van der Waals surface area contributed by atoms with Gasteiger partial charge in [-0.25, -0.2) is 8.96 Å². The van der Waals surface area contributed by atoms with Gasteiger partial charge in [0.1, 0.15) is 12.9 Å². The molecule has 1 saturated carbocycles. The highest BCUT2D eigenvalue weighted by molar-refractivity contribution is 5.94. The minimum atomic E-state index is -0.101. The standard InChI is InChI=1S/C24H27FN/c1-15-13-16(2)23(25)22(17(15)3)24-21-10-9-19(18-7-5-6-8-18)14-20(21)11-12-26(24)4/h9-14,18H,5-8H2,1-4H3/q+1. The molecule has 0 saturated heterocycles. The van der Waals surface area contributed by atoms with Crippen LogP contribution in [0, 0.1) is 26.6 Å². The molecule has 134 valence electrons. The van der Waals surface area contributed by atoms with Gasteiger partial charge in [-0.2, -0.15) is 0 Å². The second-order valence-corrected chi connectivity index (χ2v) is 7.93. The summed E-state index contributed by atoms with van der Waals surface area (Å²) in [5.74, 6) is 0.590. The molecule has 4 rings (SSSR count). The largest absolute Gasteiger partial charge is 0.223 e. The fraction of sp³-hybridized carbons (Fsp3) is 0.375. The van der Waals surface area contributed by atoms with Gasteiger partial charge in [0.05, 0.1) is 10.9 Å². The Balaban J connectivity index is 1.97. The Labute approximate surface area is 155 Å². The lowest BCUT2D eigenvalue weighted by Crippen LogP contribution is -2.31. The quantitative estimate of drug-likeness (QED) is 0.496. The van der Waals surface area contributed by atoms with E-state index in [1.807, 2.05) is 27.0 Å². The minimum Gasteiger partial charge on any atom is -0.206 e. The Bertz CT molecular complexity index is 971. The molecule has 0 aliphatic heterocycles. The van der Waals surface area contributed by atoms with Gasteiger partial charge in [-0.05, 0) is 73.2 Å². The number of hydrogen-bond acceptors (Lipinski definition) is 0. The van der Waals surface area contributed by atoms with Crippen molar-refractivity contribution in [3.05, 3.63) is 64.6 Å². The average molecular weight is 348 g/mol. The highest BCUT2D eigenvalue weighted by Gasteiger charge is 2.24. The molecular formula is C24H27FN+. The monoisotopic (exact) mass is 348 g/mol. The van der Waals surface area contributed by atoms with Crippen molar-refractivity contribution in [2.75, 3.05) is 0 Å². The average Bonchev–Trinajstić information content (AvgIpc) is 3.16. The molecule has 0 atom stereocenters. The van der Waals surface area contributed by atoms with Crippen LogP contribution in [0.15, 0.2) is 36.5 Å². The van der Waals surface area contributed by atoms with Gasteiger partial charge in [-0.15, -0.1) is 0 Å². The van der Waals surface area contributed by atoms with Gasteiger partial charge in [-0.1, -0.05) is 31.0 Å². The Morgan fingerprint density at radius 3 is 2.42 bits per heavy atom. The predicted octanol–water partition coefficient (Wildman–Crippen LogP) is 6.05. The molecule has 3 aromatic rings. The van der Waals surface area contributed by atoms with Crippen LogP contribution >= 0.6 is 0 Å². The summed E-state index contributed by atoms with van der Waals surface area (Å²) in [5.41, 5.74) is 6.02. The van der Waals surface area contributed by atoms with Crippen LogP contribution in [0.3, 0.4) is 0 Å². The van der Waals surface area contributed by atoms with Crippen LogP contribution in [-0.4, -0.2) is 0 Å². The van der Waals surface area contributed by atoms with Crippen LogP contribution in [0.1, 0.15) is 53.9 Å². The molecule has 26 heavy (non-hydrogen) atoms. The summed E-state index contributed by atoms with van der Waals surface area (Å²) >= 11 is 0. The first-order valence-corrected chi connectivity index (χ1v) is 9.66. The number of aryl methyl sites for hydroxylation is 3. The molecule has 0 spiro atoms. The number of benzene rings is 2. The fourth-order valence-corrected chi connectivity index (χ4v) is 4.55. The molecule has 1 aromatic heterocycles. The van der Waals surface area contributed by atoms with E-state index in [9.17, 15) is 0 Å². The van der Waals surface area contributed by atoms with E-state index in [2.05, 4.69) is 42.0 Å². The Hall–Kier alpha value is -2.22. The van der Waals surface area contributed by atoms with Crippen LogP contribution in [0.4, 0.5) is 4.39 Å². The third-order valence-electron chi connectivity index (χ3n) is 6.19. The molecule has 1 fully saturated rings. The number of nitrogens with zero attached hydrogens (tertiary/aromatic N) is 1. The van der Waals surface area contributed by atoms with Crippen LogP contribution < -0.4 is 4.57 Å². The number of halogens is 1. The Kier molecular flexibility index (Phi) is 4.30. The number of rotatable bonds is 2. The highest BCUT2D eigenvalue weighted by Crippen LogP contribution is 2.37. The van der Waals surface area contributed by atoms with E-state index in [4.69, 9.17) is 0 Å². The van der Waals surface area contributed by atoms with E-state index < -0.39 is 0 Å². The van der Waals surface area contributed by atoms with E-state index in [1.165, 1.54) is 36.6 Å². The third-order valence-corrected chi connectivity index (χ3v) is 6.19. The summed E-state index contributed by atoms with van der Waals surface area (Å²) in [7, 11) is 2.01. The topological polar surface area (TPSA) is 3.88 Å². The van der Waals surface area contributed by atoms with Crippen molar-refractivity contribution in [2.45, 2.75) is 52.4 Å². The van der Waals surface area contributed by atoms with Crippen molar-refractivity contribution in [2.24, 2.45) is 7.05 Å². The number of hydrogen-bond donors (Lipinski definition) is 0. The lowest BCUT2D eigenvalue weighted by Gasteiger charge is -2.14. The number of pyridine rings is 1. The van der Waals surface area contributed by atoms with E-state index in [-0.39, 0.29) is 5.82 Å². The molecular weight excluding hydrogens is 321 g/mol. The first-order valence-electron chi connectivity index (χ1n) is 9.66. The lowest BCUT2D eigenvalue weighted by atomic mass is 9.91. The molecule has 1 aliphatic rings. The van der Waals surface area contributed by atoms with Crippen LogP contribution in [0.25, 0.3) is 22.0 Å². The molecule has 2 aromatic carbocycles. The molecule has 0 amide bonds. The minimum absolute atomic E-state index is 0.101. The zero-order chi connectivity index (χ0) is 18.4. The van der Waals surface area contributed by atoms with Crippen molar-refractivity contribution in [1.82, 2.24) is 0 Å². The van der Waals surface area contributed by atoms with Crippen molar-refractivity contribution in [3.8, 4) is 11.3 Å². The molecule has 0 radical (unpaired) electrons. The maximum atomic E-state index is 15.1. The van der Waals surface area contributed by atoms with Crippen LogP contribution in [0.2, 0.25) is 0 Å². The predicted molar refractivity (Wildman–Crippen MR) is 106 cm³/mol. The zero-order valence-corrected chi connectivity index (χ0v) is 16.2. The van der Waals surface area contributed by atoms with Gasteiger partial charge < -0.3 is 0 Å². The second-order valence-electron chi connectivity index (χ2n) is 7.93. The first kappa shape index (κ1) is 17.2. The maximum Gasteiger partial charge on any atom is 0.223 e. The number of aromatic nitrogens is 1. The SMILES string of the molecule is Cc1cc(C)c(F)c(-c2c3ccc(C4CCCC4)cc3cc[n+]2C)c1C. The van der Waals surface area contributed by atoms with Gasteiger partial charge in [-0.3, -0.25) is 0 Å². The van der Waals surface area contributed by atoms with Gasteiger partial charge in [0.15, 0.2) is 6.20 Å². The lowest BCUT2D eigenvalue weighted by molar-refractivity contribution is -0.659. The molecule has 0 bridgehead atoms. The van der Waals surface area contributed by atoms with E-state index in [0.717, 1.165) is 27.8 Å². The summed E-state index contributed by atoms with van der Waals surface area (Å²) in [5, 5.41) is 2.34. The smallest absolute Gasteiger partial charge is 0.206 e. The van der Waals surface area contributed by atoms with Crippen LogP contribution in [0.5, 0.6) is 0 Å². The highest BCUT2D eigenvalue weighted by atomic mass is 19.1. The van der Waals surface area contributed by atoms with Gasteiger partial charge in [0, 0.05) is 6.07 Å². The molecule has 1 aliphatic carbocycles. The summed E-state index contributed by atoms with van der Waals surface area (Å²) in [6.45, 7) is 5.95. The van der Waals surface area contributed by atoms with E-state index >= 15 is 4.39 Å². The van der Waals surface area contributed by atoms with Gasteiger partial charge in [0.25, 0.3) is 0 Å². The normalized spacial score (nSPS) is 15.1. The molecule has 1 nitrogen and oxygen atoms in total. The van der Waals surface area contributed by atoms with Gasteiger partial charge in [0.2, 0.25) is 5.69 Å². The fourth-order valence-electron chi connectivity index (χ4n) is 4.55. The summed E-state index contributed by atoms with van der Waals surface area (Å²) in [6, 6.07) is 10.9. The molecule has 0 N–H and O–H groups in total. The van der Waals surface area contributed by atoms with Crippen molar-refractivity contribution >= 4 is 10.8 Å². The first-order chi connectivity index (χ1) is 12.5. The maximum absolute atomic E-state index is 15.1. The number of fused-ring (bicyclic) bond motifs is 1. The molecule has 2 heteroatoms. The molecule has 0 unspecified atom stereocenters. The van der Waals surface area contributed by atoms with E-state index in [0.29, 0.717) is 11.5 Å². The van der Waals surface area contributed by atoms with E-state index in [1.54, 1.807) is 0 Å². The third kappa shape index (κ3) is 2.72.